The monoisotopic (exact) mass is 198 g/mol. The zero-order chi connectivity index (χ0) is 10.7. The predicted molar refractivity (Wildman–Crippen MR) is 53.6 cm³/mol. The summed E-state index contributed by atoms with van der Waals surface area (Å²) in [6.45, 7) is 4.02. The van der Waals surface area contributed by atoms with Crippen molar-refractivity contribution in [3.05, 3.63) is 23.5 Å². The van der Waals surface area contributed by atoms with Gasteiger partial charge in [-0.15, -0.1) is 0 Å². The Morgan fingerprint density at radius 1 is 1.07 bits per heavy atom. The lowest BCUT2D eigenvalue weighted by molar-refractivity contribution is 0.376. The molecule has 0 aromatic heterocycles. The van der Waals surface area contributed by atoms with E-state index < -0.39 is 0 Å². The number of rotatable bonds is 3. The van der Waals surface area contributed by atoms with Crippen LogP contribution in [-0.4, -0.2) is 14.2 Å². The number of ether oxygens (including phenoxy) is 2. The van der Waals surface area contributed by atoms with Gasteiger partial charge in [-0.3, -0.25) is 0 Å². The number of halogens is 1. The van der Waals surface area contributed by atoms with Gasteiger partial charge >= 0.3 is 0 Å². The highest BCUT2D eigenvalue weighted by molar-refractivity contribution is 5.47. The summed E-state index contributed by atoms with van der Waals surface area (Å²) < 4.78 is 23.3. The average molecular weight is 198 g/mol. The fraction of sp³-hybridized carbons (Fsp3) is 0.455. The van der Waals surface area contributed by atoms with Crippen LogP contribution in [-0.2, 0) is 0 Å². The van der Waals surface area contributed by atoms with Crippen LogP contribution in [0.25, 0.3) is 0 Å². The van der Waals surface area contributed by atoms with Crippen LogP contribution in [0.2, 0.25) is 0 Å². The van der Waals surface area contributed by atoms with Gasteiger partial charge < -0.3 is 9.47 Å². The molecule has 3 heteroatoms. The van der Waals surface area contributed by atoms with Crippen LogP contribution < -0.4 is 9.47 Å². The summed E-state index contributed by atoms with van der Waals surface area (Å²) in [6, 6.07) is 2.75. The summed E-state index contributed by atoms with van der Waals surface area (Å²) in [4.78, 5) is 0. The van der Waals surface area contributed by atoms with Gasteiger partial charge in [-0.05, 0) is 5.92 Å². The van der Waals surface area contributed by atoms with E-state index in [2.05, 4.69) is 0 Å². The smallest absolute Gasteiger partial charge is 0.130 e. The van der Waals surface area contributed by atoms with Crippen molar-refractivity contribution < 1.29 is 13.9 Å². The van der Waals surface area contributed by atoms with Crippen LogP contribution >= 0.6 is 0 Å². The summed E-state index contributed by atoms with van der Waals surface area (Å²) in [5.74, 6) is 0.970. The van der Waals surface area contributed by atoms with Crippen molar-refractivity contribution in [2.75, 3.05) is 14.2 Å². The largest absolute Gasteiger partial charge is 0.496 e. The number of methoxy groups -OCH3 is 2. The highest BCUT2D eigenvalue weighted by Gasteiger charge is 2.15. The lowest BCUT2D eigenvalue weighted by Crippen LogP contribution is -1.99. The summed E-state index contributed by atoms with van der Waals surface area (Å²) >= 11 is 0. The van der Waals surface area contributed by atoms with E-state index in [0.29, 0.717) is 11.5 Å². The van der Waals surface area contributed by atoms with Crippen molar-refractivity contribution in [1.29, 1.82) is 0 Å². The minimum absolute atomic E-state index is 0.237. The summed E-state index contributed by atoms with van der Waals surface area (Å²) in [5, 5.41) is 0. The van der Waals surface area contributed by atoms with Crippen molar-refractivity contribution >= 4 is 0 Å². The molecule has 1 aromatic carbocycles. The molecule has 0 saturated heterocycles. The van der Waals surface area contributed by atoms with E-state index in [1.54, 1.807) is 0 Å². The maximum atomic E-state index is 13.1. The van der Waals surface area contributed by atoms with Crippen molar-refractivity contribution in [3.8, 4) is 11.5 Å². The van der Waals surface area contributed by atoms with Gasteiger partial charge in [-0.2, -0.15) is 0 Å². The Morgan fingerprint density at radius 2 is 1.50 bits per heavy atom. The first-order valence-corrected chi connectivity index (χ1v) is 4.51. The lowest BCUT2D eigenvalue weighted by Gasteiger charge is -2.15. The third-order valence-electron chi connectivity index (χ3n) is 2.09. The second-order valence-corrected chi connectivity index (χ2v) is 3.38. The van der Waals surface area contributed by atoms with Crippen LogP contribution in [0.15, 0.2) is 12.1 Å². The van der Waals surface area contributed by atoms with E-state index in [1.165, 1.54) is 26.4 Å². The minimum Gasteiger partial charge on any atom is -0.496 e. The highest BCUT2D eigenvalue weighted by atomic mass is 19.1. The molecular formula is C11H15FO2. The first-order valence-electron chi connectivity index (χ1n) is 4.51. The summed E-state index contributed by atoms with van der Waals surface area (Å²) in [5.41, 5.74) is 0.899. The van der Waals surface area contributed by atoms with Gasteiger partial charge in [0.2, 0.25) is 0 Å². The van der Waals surface area contributed by atoms with Crippen molar-refractivity contribution in [3.63, 3.8) is 0 Å². The molecule has 0 amide bonds. The van der Waals surface area contributed by atoms with Gasteiger partial charge in [-0.25, -0.2) is 4.39 Å². The Morgan fingerprint density at radius 3 is 1.79 bits per heavy atom. The molecule has 0 spiro atoms. The van der Waals surface area contributed by atoms with Crippen LogP contribution in [0.5, 0.6) is 11.5 Å². The maximum Gasteiger partial charge on any atom is 0.130 e. The SMILES string of the molecule is COc1cc(F)cc(OC)c1C(C)C. The zero-order valence-corrected chi connectivity index (χ0v) is 8.93. The number of hydrogen-bond donors (Lipinski definition) is 0. The van der Waals surface area contributed by atoms with Gasteiger partial charge in [0, 0.05) is 17.7 Å². The third-order valence-corrected chi connectivity index (χ3v) is 2.09. The molecule has 0 aliphatic carbocycles. The topological polar surface area (TPSA) is 18.5 Å². The van der Waals surface area contributed by atoms with Crippen LogP contribution in [0, 0.1) is 5.82 Å². The molecule has 2 nitrogen and oxygen atoms in total. The molecule has 0 unspecified atom stereocenters. The zero-order valence-electron chi connectivity index (χ0n) is 8.93. The normalized spacial score (nSPS) is 10.4. The first-order chi connectivity index (χ1) is 6.60. The highest BCUT2D eigenvalue weighted by Crippen LogP contribution is 2.35. The minimum atomic E-state index is -0.344. The Kier molecular flexibility index (Phi) is 3.33. The summed E-state index contributed by atoms with van der Waals surface area (Å²) in [6.07, 6.45) is 0. The van der Waals surface area contributed by atoms with Gasteiger partial charge in [0.25, 0.3) is 0 Å². The first kappa shape index (κ1) is 10.8. The van der Waals surface area contributed by atoms with Gasteiger partial charge in [0.15, 0.2) is 0 Å². The molecule has 0 aliphatic heterocycles. The number of benzene rings is 1. The molecule has 1 aromatic rings. The molecule has 0 bridgehead atoms. The standard InChI is InChI=1S/C11H15FO2/c1-7(2)11-9(13-3)5-8(12)6-10(11)14-4/h5-7H,1-4H3. The molecule has 0 heterocycles. The van der Waals surface area contributed by atoms with Gasteiger partial charge in [0.05, 0.1) is 14.2 Å². The van der Waals surface area contributed by atoms with Crippen LogP contribution in [0.3, 0.4) is 0 Å². The quantitative estimate of drug-likeness (QED) is 0.743. The molecular weight excluding hydrogens is 183 g/mol. The Labute approximate surface area is 83.6 Å². The van der Waals surface area contributed by atoms with Gasteiger partial charge in [-0.1, -0.05) is 13.8 Å². The van der Waals surface area contributed by atoms with E-state index in [9.17, 15) is 4.39 Å². The van der Waals surface area contributed by atoms with Crippen molar-refractivity contribution in [2.45, 2.75) is 19.8 Å². The van der Waals surface area contributed by atoms with Gasteiger partial charge in [0.1, 0.15) is 17.3 Å². The second kappa shape index (κ2) is 4.31. The lowest BCUT2D eigenvalue weighted by atomic mass is 10.0. The molecule has 78 valence electrons. The van der Waals surface area contributed by atoms with Crippen molar-refractivity contribution in [2.24, 2.45) is 0 Å². The third kappa shape index (κ3) is 1.97. The van der Waals surface area contributed by atoms with E-state index in [4.69, 9.17) is 9.47 Å². The van der Waals surface area contributed by atoms with E-state index in [1.807, 2.05) is 13.8 Å². The van der Waals surface area contributed by atoms with Crippen LogP contribution in [0.1, 0.15) is 25.3 Å². The Bertz CT molecular complexity index is 296. The van der Waals surface area contributed by atoms with Crippen LogP contribution in [0.4, 0.5) is 4.39 Å². The summed E-state index contributed by atoms with van der Waals surface area (Å²) in [7, 11) is 3.06. The Hall–Kier alpha value is -1.25. The molecule has 1 rings (SSSR count). The van der Waals surface area contributed by atoms with E-state index in [-0.39, 0.29) is 11.7 Å². The molecule has 0 fully saturated rings. The Balaban J connectivity index is 3.33. The molecule has 0 saturated carbocycles. The number of hydrogen-bond acceptors (Lipinski definition) is 2. The van der Waals surface area contributed by atoms with E-state index >= 15 is 0 Å². The average Bonchev–Trinajstić information content (AvgIpc) is 2.15. The fourth-order valence-electron chi connectivity index (χ4n) is 1.48. The fourth-order valence-corrected chi connectivity index (χ4v) is 1.48. The molecule has 0 aliphatic rings. The molecule has 0 radical (unpaired) electrons. The van der Waals surface area contributed by atoms with Crippen molar-refractivity contribution in [1.82, 2.24) is 0 Å². The molecule has 14 heavy (non-hydrogen) atoms. The predicted octanol–water partition coefficient (Wildman–Crippen LogP) is 2.97. The maximum absolute atomic E-state index is 13.1. The molecule has 0 atom stereocenters. The second-order valence-electron chi connectivity index (χ2n) is 3.38. The molecule has 0 N–H and O–H groups in total. The van der Waals surface area contributed by atoms with E-state index in [0.717, 1.165) is 5.56 Å².